The van der Waals surface area contributed by atoms with Gasteiger partial charge in [0.05, 0.1) is 23.2 Å². The molecule has 2 bridgehead atoms. The molecule has 7 fully saturated rings. The minimum atomic E-state index is -0.914. The maximum Gasteiger partial charge on any atom is 0.265 e. The van der Waals surface area contributed by atoms with Crippen LogP contribution in [0.15, 0.2) is 5.51 Å². The number of likely N-dealkylation sites (N-methyl/N-ethyl adjacent to an activating group) is 1. The topological polar surface area (TPSA) is 121 Å². The number of aromatic nitrogens is 1. The number of carbonyl (C=O) groups excluding carboxylic acids is 4. The lowest BCUT2D eigenvalue weighted by molar-refractivity contribution is -0.151. The van der Waals surface area contributed by atoms with Gasteiger partial charge in [0.1, 0.15) is 10.9 Å². The van der Waals surface area contributed by atoms with Crippen LogP contribution in [-0.4, -0.2) is 90.4 Å². The largest absolute Gasteiger partial charge is 0.375 e. The van der Waals surface area contributed by atoms with E-state index in [-0.39, 0.29) is 47.4 Å². The highest BCUT2D eigenvalue weighted by Gasteiger charge is 2.70. The van der Waals surface area contributed by atoms with Gasteiger partial charge in [-0.1, -0.05) is 33.1 Å². The second kappa shape index (κ2) is 10.3. The van der Waals surface area contributed by atoms with Gasteiger partial charge in [-0.25, -0.2) is 4.98 Å². The first-order valence-corrected chi connectivity index (χ1v) is 16.7. The minimum Gasteiger partial charge on any atom is -0.375 e. The van der Waals surface area contributed by atoms with Gasteiger partial charge in [0.25, 0.3) is 5.91 Å². The molecule has 7 aliphatic rings. The number of ether oxygens (including phenoxy) is 1. The molecular formula is C31H43N5O5S. The Morgan fingerprint density at radius 3 is 2.55 bits per heavy atom. The van der Waals surface area contributed by atoms with E-state index >= 15 is 0 Å². The summed E-state index contributed by atoms with van der Waals surface area (Å²) in [6.07, 6.45) is 7.31. The monoisotopic (exact) mass is 597 g/mol. The predicted octanol–water partition coefficient (Wildman–Crippen LogP) is 2.40. The summed E-state index contributed by atoms with van der Waals surface area (Å²) in [4.78, 5) is 64.1. The van der Waals surface area contributed by atoms with Crippen molar-refractivity contribution in [3.8, 4) is 0 Å². The molecule has 4 aliphatic heterocycles. The lowest BCUT2D eigenvalue weighted by Crippen LogP contribution is -2.65. The first-order valence-electron chi connectivity index (χ1n) is 15.8. The van der Waals surface area contributed by atoms with E-state index in [1.165, 1.54) is 30.6 Å². The third-order valence-corrected chi connectivity index (χ3v) is 12.1. The number of nitrogens with one attached hydrogen (secondary N) is 2. The molecule has 4 saturated heterocycles. The molecule has 5 heterocycles. The van der Waals surface area contributed by atoms with E-state index in [4.69, 9.17) is 4.74 Å². The molecule has 1 aromatic rings. The highest BCUT2D eigenvalue weighted by molar-refractivity contribution is 7.11. The first-order chi connectivity index (χ1) is 20.1. The summed E-state index contributed by atoms with van der Waals surface area (Å²) < 4.78 is 6.61. The van der Waals surface area contributed by atoms with Crippen molar-refractivity contribution < 1.29 is 23.9 Å². The average Bonchev–Trinajstić information content (AvgIpc) is 3.76. The van der Waals surface area contributed by atoms with Crippen LogP contribution in [0, 0.1) is 34.5 Å². The molecule has 5 atom stereocenters. The SMILES string of the molecule is CNC(=O)[C@H]1NC(=O)[C@@H]2CN(C(=O)c3scnc3C3CC3)CC23CN(C3)C(=O)[C@H]2C([C@H]1OCC1CCCCC1)C2(C)C. The molecule has 3 aliphatic carbocycles. The normalized spacial score (nSPS) is 33.5. The van der Waals surface area contributed by atoms with Crippen molar-refractivity contribution in [2.24, 2.45) is 34.5 Å². The molecule has 2 N–H and O–H groups in total. The van der Waals surface area contributed by atoms with Crippen LogP contribution < -0.4 is 10.6 Å². The van der Waals surface area contributed by atoms with Crippen LogP contribution in [0.25, 0.3) is 0 Å². The summed E-state index contributed by atoms with van der Waals surface area (Å²) in [5.41, 5.74) is 1.74. The van der Waals surface area contributed by atoms with Crippen molar-refractivity contribution >= 4 is 35.0 Å². The van der Waals surface area contributed by atoms with Gasteiger partial charge >= 0.3 is 0 Å². The zero-order chi connectivity index (χ0) is 29.4. The molecule has 228 valence electrons. The minimum absolute atomic E-state index is 0.0777. The molecule has 1 aromatic heterocycles. The molecule has 10 nitrogen and oxygen atoms in total. The molecule has 11 heteroatoms. The Labute approximate surface area is 251 Å². The fourth-order valence-electron chi connectivity index (χ4n) is 8.55. The van der Waals surface area contributed by atoms with E-state index in [1.807, 2.05) is 4.90 Å². The highest BCUT2D eigenvalue weighted by atomic mass is 32.1. The van der Waals surface area contributed by atoms with Gasteiger partial charge in [0.15, 0.2) is 0 Å². The summed E-state index contributed by atoms with van der Waals surface area (Å²) in [5.74, 6) is -0.724. The predicted molar refractivity (Wildman–Crippen MR) is 156 cm³/mol. The summed E-state index contributed by atoms with van der Waals surface area (Å²) in [6.45, 7) is 6.26. The number of nitrogens with zero attached hydrogens (tertiary/aromatic N) is 3. The van der Waals surface area contributed by atoms with Crippen LogP contribution in [0.3, 0.4) is 0 Å². The van der Waals surface area contributed by atoms with Crippen LogP contribution in [0.5, 0.6) is 0 Å². The summed E-state index contributed by atoms with van der Waals surface area (Å²) in [7, 11) is 1.57. The third-order valence-electron chi connectivity index (χ3n) is 11.3. The second-order valence-electron chi connectivity index (χ2n) is 14.4. The Balaban J connectivity index is 1.18. The van der Waals surface area contributed by atoms with E-state index in [0.29, 0.717) is 43.0 Å². The number of likely N-dealkylation sites (tertiary alicyclic amines) is 1. The van der Waals surface area contributed by atoms with Crippen molar-refractivity contribution in [3.05, 3.63) is 16.1 Å². The molecule has 1 unspecified atom stereocenters. The van der Waals surface area contributed by atoms with Crippen LogP contribution in [-0.2, 0) is 19.1 Å². The standard InChI is InChI=1S/C31H43N5O5S/c1-30(2)20-21(30)28(39)36-14-31(15-36)13-35(29(40)25-22(18-9-10-18)33-16-42-25)11-19(31)26(37)34-23(27(38)32-3)24(20)41-12-17-7-5-4-6-8-17/h16-21,23-24H,4-15H2,1-3H3,(H,32,38)(H,34,37)/t19-,20?,21+,23-,24+/m0/s1. The first kappa shape index (κ1) is 28.3. The number of amides is 4. The number of thiazole rings is 1. The van der Waals surface area contributed by atoms with Gasteiger partial charge in [-0.05, 0) is 37.0 Å². The van der Waals surface area contributed by atoms with Crippen LogP contribution in [0.4, 0.5) is 0 Å². The van der Waals surface area contributed by atoms with Crippen molar-refractivity contribution in [3.63, 3.8) is 0 Å². The zero-order valence-corrected chi connectivity index (χ0v) is 25.7. The molecule has 42 heavy (non-hydrogen) atoms. The Bertz CT molecular complexity index is 1280. The molecule has 0 aromatic carbocycles. The Morgan fingerprint density at radius 1 is 1.12 bits per heavy atom. The van der Waals surface area contributed by atoms with E-state index in [2.05, 4.69) is 29.5 Å². The van der Waals surface area contributed by atoms with Gasteiger partial charge in [-0.15, -0.1) is 11.3 Å². The Hall–Kier alpha value is -2.53. The fraction of sp³-hybridized carbons (Fsp3) is 0.774. The van der Waals surface area contributed by atoms with Crippen molar-refractivity contribution in [1.82, 2.24) is 25.4 Å². The van der Waals surface area contributed by atoms with Crippen molar-refractivity contribution in [2.45, 2.75) is 76.9 Å². The Kier molecular flexibility index (Phi) is 6.92. The fourth-order valence-corrected chi connectivity index (χ4v) is 9.40. The maximum atomic E-state index is 14.1. The van der Waals surface area contributed by atoms with Crippen molar-refractivity contribution in [2.75, 3.05) is 39.8 Å². The summed E-state index contributed by atoms with van der Waals surface area (Å²) >= 11 is 1.37. The van der Waals surface area contributed by atoms with Gasteiger partial charge in [0.2, 0.25) is 17.7 Å². The van der Waals surface area contributed by atoms with Gasteiger partial charge in [-0.3, -0.25) is 19.2 Å². The molecule has 8 rings (SSSR count). The maximum absolute atomic E-state index is 14.1. The molecule has 4 amide bonds. The molecule has 0 radical (unpaired) electrons. The average molecular weight is 598 g/mol. The number of rotatable bonds is 6. The molecule has 1 spiro atoms. The lowest BCUT2D eigenvalue weighted by Gasteiger charge is -2.50. The van der Waals surface area contributed by atoms with Crippen LogP contribution in [0.2, 0.25) is 0 Å². The Morgan fingerprint density at radius 2 is 1.86 bits per heavy atom. The number of carbonyl (C=O) groups is 4. The highest BCUT2D eigenvalue weighted by Crippen LogP contribution is 2.63. The van der Waals surface area contributed by atoms with Crippen LogP contribution >= 0.6 is 11.3 Å². The van der Waals surface area contributed by atoms with Gasteiger partial charge in [0, 0.05) is 63.0 Å². The number of hydrogen-bond donors (Lipinski definition) is 2. The second-order valence-corrected chi connectivity index (χ2v) is 15.2. The third kappa shape index (κ3) is 4.57. The number of hydrogen-bond acceptors (Lipinski definition) is 7. The number of fused-ring (bicyclic) bond motifs is 3. The van der Waals surface area contributed by atoms with E-state index in [0.717, 1.165) is 31.4 Å². The van der Waals surface area contributed by atoms with Gasteiger partial charge < -0.3 is 25.2 Å². The summed E-state index contributed by atoms with van der Waals surface area (Å²) in [5, 5.41) is 5.86. The lowest BCUT2D eigenvalue weighted by atomic mass is 9.71. The van der Waals surface area contributed by atoms with Gasteiger partial charge in [-0.2, -0.15) is 0 Å². The molecule has 3 saturated carbocycles. The zero-order valence-electron chi connectivity index (χ0n) is 24.9. The quantitative estimate of drug-likeness (QED) is 0.520. The van der Waals surface area contributed by atoms with E-state index < -0.39 is 23.5 Å². The van der Waals surface area contributed by atoms with E-state index in [9.17, 15) is 19.2 Å². The summed E-state index contributed by atoms with van der Waals surface area (Å²) in [6, 6.07) is -0.914. The smallest absolute Gasteiger partial charge is 0.265 e. The van der Waals surface area contributed by atoms with Crippen molar-refractivity contribution in [1.29, 1.82) is 0 Å². The molecular weight excluding hydrogens is 554 g/mol. The van der Waals surface area contributed by atoms with Crippen LogP contribution in [0.1, 0.15) is 80.1 Å². The van der Waals surface area contributed by atoms with E-state index in [1.54, 1.807) is 17.5 Å².